The maximum absolute atomic E-state index is 12.5. The second-order valence-corrected chi connectivity index (χ2v) is 15.8. The van der Waals surface area contributed by atoms with Crippen LogP contribution in [0.4, 0.5) is 0 Å². The molecule has 1 N–H and O–H groups in total. The number of methoxy groups -OCH3 is 1. The van der Waals surface area contributed by atoms with Crippen molar-refractivity contribution in [1.29, 1.82) is 0 Å². The lowest BCUT2D eigenvalue weighted by Crippen LogP contribution is -2.65. The highest BCUT2D eigenvalue weighted by Gasteiger charge is 2.55. The molecule has 3 atom stereocenters. The van der Waals surface area contributed by atoms with Gasteiger partial charge in [-0.3, -0.25) is 0 Å². The van der Waals surface area contributed by atoms with Gasteiger partial charge in [0.2, 0.25) is 0 Å². The second-order valence-electron chi connectivity index (χ2n) is 11.9. The Bertz CT molecular complexity index is 973. The van der Waals surface area contributed by atoms with E-state index in [0.29, 0.717) is 5.92 Å². The van der Waals surface area contributed by atoms with Crippen molar-refractivity contribution in [1.82, 2.24) is 0 Å². The van der Waals surface area contributed by atoms with E-state index in [0.717, 1.165) is 29.6 Å². The maximum Gasteiger partial charge on any atom is 0.330 e. The fourth-order valence-corrected chi connectivity index (χ4v) is 10.2. The molecule has 0 amide bonds. The largest absolute Gasteiger partial charge is 0.466 e. The fourth-order valence-electron chi connectivity index (χ4n) is 6.47. The van der Waals surface area contributed by atoms with Crippen molar-refractivity contribution in [3.8, 4) is 0 Å². The fraction of sp³-hybridized carbons (Fsp3) is 0.516. The summed E-state index contributed by atoms with van der Waals surface area (Å²) in [6.07, 6.45) is 7.96. The molecular formula is C31H44O3Si. The third-order valence-corrected chi connectivity index (χ3v) is 14.3. The molecule has 1 saturated carbocycles. The topological polar surface area (TPSA) is 46.5 Å². The number of esters is 1. The molecule has 1 aliphatic carbocycles. The van der Waals surface area contributed by atoms with Gasteiger partial charge in [0.15, 0.2) is 0 Å². The lowest BCUT2D eigenvalue weighted by Gasteiger charge is -2.47. The van der Waals surface area contributed by atoms with Crippen molar-refractivity contribution >= 4 is 24.7 Å². The number of carbonyl (C=O) groups is 1. The first-order valence-corrected chi connectivity index (χ1v) is 14.9. The van der Waals surface area contributed by atoms with Crippen LogP contribution in [-0.4, -0.2) is 26.2 Å². The van der Waals surface area contributed by atoms with E-state index in [1.807, 2.05) is 42.5 Å². The van der Waals surface area contributed by atoms with Crippen molar-refractivity contribution < 1.29 is 14.3 Å². The number of allylic oxidation sites excluding steroid dienone is 1. The number of carbonyl (C=O) groups excluding carboxylic acids is 1. The van der Waals surface area contributed by atoms with Gasteiger partial charge in [0.1, 0.15) is 0 Å². The standard InChI is InChI=1S/C31H44O3Si/c1-24(18-19-28(32)34-7)31(6)23-21-25(30(31,4)5)20-22-29(2,3)35(33,26-14-10-8-11-15-26)27-16-12-9-13-17-27/h8-19,24-25,33H,20-23H2,1-7H3/b19-18+/t24-,25+,31+/m0/s1. The summed E-state index contributed by atoms with van der Waals surface area (Å²) in [6.45, 7) is 13.9. The van der Waals surface area contributed by atoms with E-state index in [4.69, 9.17) is 4.74 Å². The molecule has 1 fully saturated rings. The maximum atomic E-state index is 12.5. The van der Waals surface area contributed by atoms with Crippen LogP contribution in [0, 0.1) is 22.7 Å². The molecule has 0 heterocycles. The molecule has 0 aromatic heterocycles. The van der Waals surface area contributed by atoms with Gasteiger partial charge in [-0.2, -0.15) is 0 Å². The molecule has 3 rings (SSSR count). The van der Waals surface area contributed by atoms with E-state index in [2.05, 4.69) is 65.8 Å². The van der Waals surface area contributed by atoms with Crippen molar-refractivity contribution in [2.75, 3.05) is 7.11 Å². The summed E-state index contributed by atoms with van der Waals surface area (Å²) in [5.74, 6) is 0.542. The number of hydrogen-bond acceptors (Lipinski definition) is 3. The molecular weight excluding hydrogens is 448 g/mol. The minimum atomic E-state index is -3.00. The molecule has 2 aromatic rings. The third kappa shape index (κ3) is 5.06. The Hall–Kier alpha value is -2.17. The Morgan fingerprint density at radius 1 is 1.09 bits per heavy atom. The Morgan fingerprint density at radius 2 is 1.60 bits per heavy atom. The minimum Gasteiger partial charge on any atom is -0.466 e. The molecule has 2 aromatic carbocycles. The third-order valence-electron chi connectivity index (χ3n) is 9.71. The molecule has 35 heavy (non-hydrogen) atoms. The van der Waals surface area contributed by atoms with Gasteiger partial charge in [-0.05, 0) is 63.8 Å². The quantitative estimate of drug-likeness (QED) is 0.261. The lowest BCUT2D eigenvalue weighted by molar-refractivity contribution is -0.134. The molecule has 0 spiro atoms. The lowest BCUT2D eigenvalue weighted by atomic mass is 9.59. The van der Waals surface area contributed by atoms with Gasteiger partial charge in [0.25, 0.3) is 8.32 Å². The predicted molar refractivity (Wildman–Crippen MR) is 148 cm³/mol. The van der Waals surface area contributed by atoms with Gasteiger partial charge in [-0.15, -0.1) is 0 Å². The molecule has 4 heteroatoms. The Morgan fingerprint density at radius 3 is 2.09 bits per heavy atom. The number of hydrogen-bond donors (Lipinski definition) is 1. The monoisotopic (exact) mass is 492 g/mol. The summed E-state index contributed by atoms with van der Waals surface area (Å²) < 4.78 is 4.80. The van der Waals surface area contributed by atoms with Crippen LogP contribution in [0.15, 0.2) is 72.8 Å². The second kappa shape index (κ2) is 10.4. The Kier molecular flexibility index (Phi) is 8.18. The summed E-state index contributed by atoms with van der Waals surface area (Å²) in [7, 11) is -1.57. The SMILES string of the molecule is COC(=O)/C=C/[C@H](C)[C@@]1(C)CC[C@@H](CCC(C)(C)[Si](O)(c2ccccc2)c2ccccc2)C1(C)C. The highest BCUT2D eigenvalue weighted by Crippen LogP contribution is 2.61. The zero-order chi connectivity index (χ0) is 25.9. The van der Waals surface area contributed by atoms with E-state index in [1.54, 1.807) is 6.08 Å². The van der Waals surface area contributed by atoms with Crippen LogP contribution in [0.3, 0.4) is 0 Å². The smallest absolute Gasteiger partial charge is 0.330 e. The van der Waals surface area contributed by atoms with E-state index in [9.17, 15) is 9.59 Å². The molecule has 0 unspecified atom stereocenters. The van der Waals surface area contributed by atoms with Crippen molar-refractivity contribution in [2.45, 2.75) is 72.3 Å². The summed E-state index contributed by atoms with van der Waals surface area (Å²) >= 11 is 0. The van der Waals surface area contributed by atoms with Gasteiger partial charge in [0.05, 0.1) is 7.11 Å². The van der Waals surface area contributed by atoms with E-state index >= 15 is 0 Å². The highest BCUT2D eigenvalue weighted by molar-refractivity contribution is 6.98. The van der Waals surface area contributed by atoms with Crippen LogP contribution < -0.4 is 10.4 Å². The Labute approximate surface area is 213 Å². The van der Waals surface area contributed by atoms with Crippen LogP contribution in [0.2, 0.25) is 5.04 Å². The van der Waals surface area contributed by atoms with Crippen LogP contribution in [-0.2, 0) is 9.53 Å². The van der Waals surface area contributed by atoms with Crippen molar-refractivity contribution in [2.24, 2.45) is 22.7 Å². The predicted octanol–water partition coefficient (Wildman–Crippen LogP) is 6.11. The first kappa shape index (κ1) is 27.4. The van der Waals surface area contributed by atoms with Gasteiger partial charge in [0, 0.05) is 6.08 Å². The van der Waals surface area contributed by atoms with Gasteiger partial charge >= 0.3 is 5.97 Å². The minimum absolute atomic E-state index is 0.0962. The van der Waals surface area contributed by atoms with Gasteiger partial charge in [-0.25, -0.2) is 4.79 Å². The van der Waals surface area contributed by atoms with Crippen molar-refractivity contribution in [3.05, 3.63) is 72.8 Å². The molecule has 190 valence electrons. The molecule has 0 saturated heterocycles. The molecule has 3 nitrogen and oxygen atoms in total. The summed E-state index contributed by atoms with van der Waals surface area (Å²) in [4.78, 5) is 24.2. The summed E-state index contributed by atoms with van der Waals surface area (Å²) in [6, 6.07) is 20.6. The van der Waals surface area contributed by atoms with Gasteiger partial charge < -0.3 is 9.53 Å². The molecule has 0 bridgehead atoms. The normalized spacial score (nSPS) is 23.4. The van der Waals surface area contributed by atoms with Crippen molar-refractivity contribution in [3.63, 3.8) is 0 Å². The first-order chi connectivity index (χ1) is 16.4. The average molecular weight is 493 g/mol. The van der Waals surface area contributed by atoms with E-state index in [1.165, 1.54) is 13.5 Å². The zero-order valence-corrected chi connectivity index (χ0v) is 23.7. The first-order valence-electron chi connectivity index (χ1n) is 13.0. The number of benzene rings is 2. The van der Waals surface area contributed by atoms with E-state index in [-0.39, 0.29) is 27.8 Å². The number of ether oxygens (including phenoxy) is 1. The Balaban J connectivity index is 1.84. The molecule has 1 aliphatic rings. The summed E-state index contributed by atoms with van der Waals surface area (Å²) in [5, 5.41) is 1.92. The summed E-state index contributed by atoms with van der Waals surface area (Å²) in [5.41, 5.74) is 0.209. The van der Waals surface area contributed by atoms with Crippen LogP contribution in [0.1, 0.15) is 67.2 Å². The highest BCUT2D eigenvalue weighted by atomic mass is 28.4. The van der Waals surface area contributed by atoms with Crippen LogP contribution >= 0.6 is 0 Å². The molecule has 0 radical (unpaired) electrons. The van der Waals surface area contributed by atoms with E-state index < -0.39 is 8.32 Å². The molecule has 0 aliphatic heterocycles. The number of rotatable bonds is 9. The van der Waals surface area contributed by atoms with Gasteiger partial charge in [-0.1, -0.05) is 108 Å². The van der Waals surface area contributed by atoms with Crippen LogP contribution in [0.5, 0.6) is 0 Å². The zero-order valence-electron chi connectivity index (χ0n) is 22.7. The van der Waals surface area contributed by atoms with Crippen LogP contribution in [0.25, 0.3) is 0 Å². The average Bonchev–Trinajstić information content (AvgIpc) is 3.10.